The topological polar surface area (TPSA) is 75.7 Å². The largest absolute Gasteiger partial charge is 0.494 e. The maximum Gasteiger partial charge on any atom is 0.294 e. The Morgan fingerprint density at radius 1 is 1.13 bits per heavy atom. The second-order valence-corrected chi connectivity index (χ2v) is 8.33. The summed E-state index contributed by atoms with van der Waals surface area (Å²) in [5.41, 5.74) is 3.46. The minimum atomic E-state index is -0.464. The Morgan fingerprint density at radius 3 is 2.58 bits per heavy atom. The predicted molar refractivity (Wildman–Crippen MR) is 124 cm³/mol. The van der Waals surface area contributed by atoms with E-state index in [1.807, 2.05) is 50.2 Å². The summed E-state index contributed by atoms with van der Waals surface area (Å²) < 4.78 is 5.64. The summed E-state index contributed by atoms with van der Waals surface area (Å²) in [5.74, 6) is -0.109. The van der Waals surface area contributed by atoms with E-state index in [0.29, 0.717) is 17.2 Å². The lowest BCUT2D eigenvalue weighted by Gasteiger charge is -2.14. The van der Waals surface area contributed by atoms with Crippen LogP contribution < -0.4 is 10.1 Å². The van der Waals surface area contributed by atoms with E-state index >= 15 is 0 Å². The molecule has 162 valence electrons. The third-order valence-corrected chi connectivity index (χ3v) is 5.91. The minimum absolute atomic E-state index is 0.296. The number of hydrogen-bond donors (Lipinski definition) is 1. The van der Waals surface area contributed by atoms with Gasteiger partial charge in [0.05, 0.1) is 11.5 Å². The van der Waals surface area contributed by atoms with Crippen LogP contribution >= 0.6 is 11.8 Å². The molecular weight excluding hydrogens is 412 g/mol. The number of unbranched alkanes of at least 4 members (excludes halogenated alkanes) is 1. The first-order chi connectivity index (χ1) is 14.9. The van der Waals surface area contributed by atoms with Crippen molar-refractivity contribution in [3.8, 4) is 5.75 Å². The number of carbonyl (C=O) groups excluding carboxylic acids is 3. The summed E-state index contributed by atoms with van der Waals surface area (Å²) in [6.07, 6.45) is 3.71. The molecule has 1 saturated heterocycles. The van der Waals surface area contributed by atoms with Gasteiger partial charge in [-0.1, -0.05) is 37.6 Å². The second kappa shape index (κ2) is 10.3. The van der Waals surface area contributed by atoms with Gasteiger partial charge in [-0.3, -0.25) is 19.3 Å². The van der Waals surface area contributed by atoms with Gasteiger partial charge in [0, 0.05) is 5.69 Å². The summed E-state index contributed by atoms with van der Waals surface area (Å²) in [6, 6.07) is 12.9. The van der Waals surface area contributed by atoms with Gasteiger partial charge in [0.15, 0.2) is 0 Å². The molecule has 31 heavy (non-hydrogen) atoms. The molecule has 0 saturated carbocycles. The number of nitrogens with zero attached hydrogens (tertiary/aromatic N) is 1. The minimum Gasteiger partial charge on any atom is -0.494 e. The van der Waals surface area contributed by atoms with Gasteiger partial charge in [-0.15, -0.1) is 0 Å². The Labute approximate surface area is 186 Å². The van der Waals surface area contributed by atoms with E-state index in [2.05, 4.69) is 12.2 Å². The molecule has 1 aliphatic rings. The summed E-state index contributed by atoms with van der Waals surface area (Å²) in [4.78, 5) is 38.7. The van der Waals surface area contributed by atoms with Crippen LogP contribution in [0, 0.1) is 13.8 Å². The van der Waals surface area contributed by atoms with Gasteiger partial charge >= 0.3 is 0 Å². The molecule has 0 unspecified atom stereocenters. The summed E-state index contributed by atoms with van der Waals surface area (Å²) in [5, 5.41) is 2.33. The number of aryl methyl sites for hydroxylation is 1. The van der Waals surface area contributed by atoms with E-state index in [1.165, 1.54) is 0 Å². The zero-order valence-electron chi connectivity index (χ0n) is 17.9. The van der Waals surface area contributed by atoms with Crippen LogP contribution in [0.5, 0.6) is 5.75 Å². The van der Waals surface area contributed by atoms with Gasteiger partial charge in [-0.05, 0) is 73.0 Å². The van der Waals surface area contributed by atoms with Gasteiger partial charge in [0.2, 0.25) is 5.91 Å². The third-order valence-electron chi connectivity index (χ3n) is 5.00. The fraction of sp³-hybridized carbons (Fsp3) is 0.292. The van der Waals surface area contributed by atoms with Crippen molar-refractivity contribution in [3.63, 3.8) is 0 Å². The lowest BCUT2D eigenvalue weighted by Crippen LogP contribution is -2.36. The van der Waals surface area contributed by atoms with E-state index in [1.54, 1.807) is 12.1 Å². The van der Waals surface area contributed by atoms with Gasteiger partial charge in [-0.25, -0.2) is 0 Å². The van der Waals surface area contributed by atoms with Gasteiger partial charge < -0.3 is 10.1 Å². The molecule has 0 aromatic heterocycles. The molecule has 0 atom stereocenters. The van der Waals surface area contributed by atoms with Crippen LogP contribution in [0.25, 0.3) is 6.08 Å². The van der Waals surface area contributed by atoms with E-state index in [-0.39, 0.29) is 6.54 Å². The Balaban J connectivity index is 1.63. The van der Waals surface area contributed by atoms with Crippen LogP contribution in [0.1, 0.15) is 36.5 Å². The molecule has 6 nitrogen and oxygen atoms in total. The Morgan fingerprint density at radius 2 is 1.87 bits per heavy atom. The van der Waals surface area contributed by atoms with Crippen molar-refractivity contribution in [3.05, 3.63) is 64.1 Å². The smallest absolute Gasteiger partial charge is 0.294 e. The van der Waals surface area contributed by atoms with Crippen LogP contribution in [0.4, 0.5) is 10.5 Å². The van der Waals surface area contributed by atoms with Crippen LogP contribution in [-0.4, -0.2) is 35.1 Å². The molecular formula is C24H26N2O4S. The highest BCUT2D eigenvalue weighted by Crippen LogP contribution is 2.32. The van der Waals surface area contributed by atoms with Crippen molar-refractivity contribution in [1.29, 1.82) is 0 Å². The lowest BCUT2D eigenvalue weighted by molar-refractivity contribution is -0.127. The number of anilines is 1. The highest BCUT2D eigenvalue weighted by atomic mass is 32.2. The number of amides is 3. The zero-order valence-corrected chi connectivity index (χ0v) is 18.8. The lowest BCUT2D eigenvalue weighted by atomic mass is 10.1. The molecule has 0 radical (unpaired) electrons. The highest BCUT2D eigenvalue weighted by molar-refractivity contribution is 8.18. The number of hydrogen-bond acceptors (Lipinski definition) is 5. The van der Waals surface area contributed by atoms with E-state index < -0.39 is 17.1 Å². The first kappa shape index (κ1) is 22.6. The first-order valence-corrected chi connectivity index (χ1v) is 11.0. The number of nitrogens with one attached hydrogen (secondary N) is 1. The van der Waals surface area contributed by atoms with Crippen molar-refractivity contribution in [2.75, 3.05) is 18.5 Å². The Kier molecular flexibility index (Phi) is 7.52. The summed E-state index contributed by atoms with van der Waals surface area (Å²) in [6.45, 7) is 6.31. The molecule has 0 spiro atoms. The molecule has 2 aromatic carbocycles. The van der Waals surface area contributed by atoms with Gasteiger partial charge in [0.1, 0.15) is 12.3 Å². The monoisotopic (exact) mass is 438 g/mol. The van der Waals surface area contributed by atoms with Crippen molar-refractivity contribution >= 4 is 40.6 Å². The number of ether oxygens (including phenoxy) is 1. The van der Waals surface area contributed by atoms with E-state index in [0.717, 1.165) is 51.9 Å². The number of imide groups is 1. The van der Waals surface area contributed by atoms with Crippen LogP contribution in [0.2, 0.25) is 0 Å². The summed E-state index contributed by atoms with van der Waals surface area (Å²) >= 11 is 0.839. The Hall–Kier alpha value is -3.06. The van der Waals surface area contributed by atoms with Gasteiger partial charge in [-0.2, -0.15) is 0 Å². The maximum atomic E-state index is 12.7. The Bertz CT molecular complexity index is 1010. The molecule has 1 N–H and O–H groups in total. The fourth-order valence-corrected chi connectivity index (χ4v) is 3.84. The standard InChI is InChI=1S/C24H26N2O4S/c1-4-5-13-30-19-11-9-18(10-12-19)14-21-23(28)26(24(29)31-21)15-22(27)25-20-8-6-7-16(2)17(20)3/h6-12,14H,4-5,13,15H2,1-3H3,(H,25,27)/b21-14-. The van der Waals surface area contributed by atoms with Crippen molar-refractivity contribution < 1.29 is 19.1 Å². The van der Waals surface area contributed by atoms with Crippen molar-refractivity contribution in [1.82, 2.24) is 4.90 Å². The van der Waals surface area contributed by atoms with Crippen LogP contribution in [0.15, 0.2) is 47.4 Å². The molecule has 1 fully saturated rings. The zero-order chi connectivity index (χ0) is 22.4. The molecule has 7 heteroatoms. The quantitative estimate of drug-likeness (QED) is 0.455. The van der Waals surface area contributed by atoms with Crippen LogP contribution in [0.3, 0.4) is 0 Å². The van der Waals surface area contributed by atoms with Crippen LogP contribution in [-0.2, 0) is 9.59 Å². The maximum absolute atomic E-state index is 12.7. The predicted octanol–water partition coefficient (Wildman–Crippen LogP) is 5.16. The number of thioether (sulfide) groups is 1. The number of benzene rings is 2. The molecule has 3 amide bonds. The van der Waals surface area contributed by atoms with Gasteiger partial charge in [0.25, 0.3) is 11.1 Å². The van der Waals surface area contributed by atoms with E-state index in [4.69, 9.17) is 4.74 Å². The van der Waals surface area contributed by atoms with Crippen molar-refractivity contribution in [2.24, 2.45) is 0 Å². The normalized spacial score (nSPS) is 14.9. The molecule has 0 aliphatic carbocycles. The van der Waals surface area contributed by atoms with E-state index in [9.17, 15) is 14.4 Å². The fourth-order valence-electron chi connectivity index (χ4n) is 3.00. The summed E-state index contributed by atoms with van der Waals surface area (Å²) in [7, 11) is 0. The number of rotatable bonds is 8. The highest BCUT2D eigenvalue weighted by Gasteiger charge is 2.36. The molecule has 2 aromatic rings. The third kappa shape index (κ3) is 5.76. The number of carbonyl (C=O) groups is 3. The molecule has 1 aliphatic heterocycles. The second-order valence-electron chi connectivity index (χ2n) is 7.33. The van der Waals surface area contributed by atoms with Crippen molar-refractivity contribution in [2.45, 2.75) is 33.6 Å². The SMILES string of the molecule is CCCCOc1ccc(/C=C2\SC(=O)N(CC(=O)Nc3cccc(C)c3C)C2=O)cc1. The average Bonchev–Trinajstić information content (AvgIpc) is 3.00. The molecule has 0 bridgehead atoms. The first-order valence-electron chi connectivity index (χ1n) is 10.2. The molecule has 3 rings (SSSR count). The molecule has 1 heterocycles. The average molecular weight is 439 g/mol.